The summed E-state index contributed by atoms with van der Waals surface area (Å²) in [4.78, 5) is 0. The Morgan fingerprint density at radius 1 is 1.19 bits per heavy atom. The third-order valence-corrected chi connectivity index (χ3v) is 3.54. The minimum atomic E-state index is -0.546. The molecule has 2 saturated carbocycles. The Kier molecular flexibility index (Phi) is 2.27. The minimum absolute atomic E-state index is 0.278. The second kappa shape index (κ2) is 3.65. The summed E-state index contributed by atoms with van der Waals surface area (Å²) in [7, 11) is 0. The average Bonchev–Trinajstić information content (AvgIpc) is 3.14. The van der Waals surface area contributed by atoms with Crippen molar-refractivity contribution in [2.45, 2.75) is 31.7 Å². The molecule has 0 spiro atoms. The van der Waals surface area contributed by atoms with E-state index in [1.165, 1.54) is 37.8 Å². The van der Waals surface area contributed by atoms with Crippen molar-refractivity contribution in [1.29, 1.82) is 0 Å². The zero-order valence-electron chi connectivity index (χ0n) is 9.12. The highest BCUT2D eigenvalue weighted by molar-refractivity contribution is 5.48. The number of hydrogen-bond acceptors (Lipinski definition) is 2. The SMILES string of the molecule is Oc1ccc(NC(C2CC2)C2CC2)cc1F. The van der Waals surface area contributed by atoms with Gasteiger partial charge in [0, 0.05) is 17.8 Å². The lowest BCUT2D eigenvalue weighted by atomic mass is 10.1. The van der Waals surface area contributed by atoms with E-state index in [0.29, 0.717) is 6.04 Å². The Bertz CT molecular complexity index is 387. The smallest absolute Gasteiger partial charge is 0.166 e. The van der Waals surface area contributed by atoms with Crippen molar-refractivity contribution in [3.63, 3.8) is 0 Å². The van der Waals surface area contributed by atoms with E-state index < -0.39 is 5.82 Å². The van der Waals surface area contributed by atoms with Crippen LogP contribution in [-0.4, -0.2) is 11.1 Å². The summed E-state index contributed by atoms with van der Waals surface area (Å²) in [6.07, 6.45) is 5.20. The normalized spacial score (nSPS) is 20.1. The molecule has 0 radical (unpaired) electrons. The zero-order valence-corrected chi connectivity index (χ0v) is 9.12. The minimum Gasteiger partial charge on any atom is -0.505 e. The van der Waals surface area contributed by atoms with Gasteiger partial charge in [0.25, 0.3) is 0 Å². The van der Waals surface area contributed by atoms with E-state index in [2.05, 4.69) is 5.32 Å². The Hall–Kier alpha value is -1.25. The standard InChI is InChI=1S/C13H16FNO/c14-11-7-10(5-6-12(11)16)15-13(8-1-2-8)9-3-4-9/h5-9,13,15-16H,1-4H2. The van der Waals surface area contributed by atoms with E-state index >= 15 is 0 Å². The van der Waals surface area contributed by atoms with Gasteiger partial charge in [0.1, 0.15) is 0 Å². The largest absolute Gasteiger partial charge is 0.505 e. The van der Waals surface area contributed by atoms with Gasteiger partial charge in [-0.15, -0.1) is 0 Å². The van der Waals surface area contributed by atoms with Crippen LogP contribution in [0.15, 0.2) is 18.2 Å². The molecule has 0 bridgehead atoms. The molecule has 0 aliphatic heterocycles. The summed E-state index contributed by atoms with van der Waals surface area (Å²) < 4.78 is 13.2. The fourth-order valence-electron chi connectivity index (χ4n) is 2.32. The van der Waals surface area contributed by atoms with Crippen molar-refractivity contribution in [2.75, 3.05) is 5.32 Å². The lowest BCUT2D eigenvalue weighted by molar-refractivity contribution is 0.432. The molecule has 0 amide bonds. The van der Waals surface area contributed by atoms with Crippen molar-refractivity contribution in [1.82, 2.24) is 0 Å². The molecule has 0 aromatic heterocycles. The molecule has 86 valence electrons. The highest BCUT2D eigenvalue weighted by atomic mass is 19.1. The molecular weight excluding hydrogens is 205 g/mol. The number of anilines is 1. The fraction of sp³-hybridized carbons (Fsp3) is 0.538. The highest BCUT2D eigenvalue weighted by Crippen LogP contribution is 2.45. The van der Waals surface area contributed by atoms with Gasteiger partial charge in [-0.3, -0.25) is 0 Å². The Morgan fingerprint density at radius 3 is 2.31 bits per heavy atom. The Balaban J connectivity index is 1.73. The molecule has 1 aromatic rings. The van der Waals surface area contributed by atoms with Crippen molar-refractivity contribution < 1.29 is 9.50 Å². The van der Waals surface area contributed by atoms with Crippen LogP contribution < -0.4 is 5.32 Å². The molecule has 2 aliphatic carbocycles. The molecular formula is C13H16FNO. The molecule has 0 atom stereocenters. The molecule has 2 N–H and O–H groups in total. The van der Waals surface area contributed by atoms with Gasteiger partial charge in [-0.2, -0.15) is 0 Å². The third-order valence-electron chi connectivity index (χ3n) is 3.54. The number of phenolic OH excluding ortho intramolecular Hbond substituents is 1. The van der Waals surface area contributed by atoms with E-state index in [-0.39, 0.29) is 5.75 Å². The third kappa shape index (κ3) is 1.99. The number of hydrogen-bond donors (Lipinski definition) is 2. The van der Waals surface area contributed by atoms with Gasteiger partial charge < -0.3 is 10.4 Å². The molecule has 2 nitrogen and oxygen atoms in total. The monoisotopic (exact) mass is 221 g/mol. The summed E-state index contributed by atoms with van der Waals surface area (Å²) in [6, 6.07) is 5.06. The van der Waals surface area contributed by atoms with Gasteiger partial charge in [0.05, 0.1) is 0 Å². The molecule has 3 rings (SSSR count). The van der Waals surface area contributed by atoms with Crippen LogP contribution in [0, 0.1) is 17.7 Å². The first-order chi connectivity index (χ1) is 7.74. The molecule has 0 heterocycles. The molecule has 0 saturated heterocycles. The van der Waals surface area contributed by atoms with Crippen LogP contribution in [-0.2, 0) is 0 Å². The number of rotatable bonds is 4. The van der Waals surface area contributed by atoms with Crippen LogP contribution in [0.5, 0.6) is 5.75 Å². The van der Waals surface area contributed by atoms with E-state index in [1.807, 2.05) is 0 Å². The number of aromatic hydroxyl groups is 1. The fourth-order valence-corrected chi connectivity index (χ4v) is 2.32. The highest BCUT2D eigenvalue weighted by Gasteiger charge is 2.41. The molecule has 2 fully saturated rings. The summed E-state index contributed by atoms with van der Waals surface area (Å²) in [5.41, 5.74) is 0.791. The first-order valence-corrected chi connectivity index (χ1v) is 5.99. The summed E-state index contributed by atoms with van der Waals surface area (Å²) in [5, 5.41) is 12.5. The Labute approximate surface area is 94.5 Å². The maximum absolute atomic E-state index is 13.2. The van der Waals surface area contributed by atoms with Crippen LogP contribution in [0.25, 0.3) is 0 Å². The maximum atomic E-state index is 13.2. The van der Waals surface area contributed by atoms with Gasteiger partial charge in [-0.05, 0) is 49.7 Å². The summed E-state index contributed by atoms with van der Waals surface area (Å²) in [5.74, 6) is 0.740. The van der Waals surface area contributed by atoms with Crippen molar-refractivity contribution >= 4 is 5.69 Å². The first kappa shape index (κ1) is 9.94. The Morgan fingerprint density at radius 2 is 1.81 bits per heavy atom. The number of halogens is 1. The van der Waals surface area contributed by atoms with E-state index in [4.69, 9.17) is 5.11 Å². The quantitative estimate of drug-likeness (QED) is 0.765. The van der Waals surface area contributed by atoms with Crippen LogP contribution in [0.2, 0.25) is 0 Å². The maximum Gasteiger partial charge on any atom is 0.166 e. The lowest BCUT2D eigenvalue weighted by Gasteiger charge is -2.19. The van der Waals surface area contributed by atoms with Gasteiger partial charge in [0.15, 0.2) is 11.6 Å². The average molecular weight is 221 g/mol. The van der Waals surface area contributed by atoms with Crippen molar-refractivity contribution in [2.24, 2.45) is 11.8 Å². The number of nitrogens with one attached hydrogen (secondary N) is 1. The van der Waals surface area contributed by atoms with Crippen molar-refractivity contribution in [3.05, 3.63) is 24.0 Å². The molecule has 0 unspecified atom stereocenters. The van der Waals surface area contributed by atoms with Crippen LogP contribution in [0.4, 0.5) is 10.1 Å². The molecule has 1 aromatic carbocycles. The predicted molar refractivity (Wildman–Crippen MR) is 60.9 cm³/mol. The second-order valence-electron chi connectivity index (χ2n) is 5.01. The first-order valence-electron chi connectivity index (χ1n) is 5.99. The topological polar surface area (TPSA) is 32.3 Å². The lowest BCUT2D eigenvalue weighted by Crippen LogP contribution is -2.24. The van der Waals surface area contributed by atoms with Crippen molar-refractivity contribution in [3.8, 4) is 5.75 Å². The summed E-state index contributed by atoms with van der Waals surface area (Å²) in [6.45, 7) is 0. The predicted octanol–water partition coefficient (Wildman–Crippen LogP) is 3.13. The zero-order chi connectivity index (χ0) is 11.1. The van der Waals surface area contributed by atoms with E-state index in [9.17, 15) is 4.39 Å². The number of benzene rings is 1. The molecule has 3 heteroatoms. The molecule has 2 aliphatic rings. The van der Waals surface area contributed by atoms with Crippen LogP contribution in [0.1, 0.15) is 25.7 Å². The van der Waals surface area contributed by atoms with E-state index in [1.54, 1.807) is 6.07 Å². The van der Waals surface area contributed by atoms with Gasteiger partial charge in [0.2, 0.25) is 0 Å². The van der Waals surface area contributed by atoms with Crippen LogP contribution >= 0.6 is 0 Å². The second-order valence-corrected chi connectivity index (χ2v) is 5.01. The number of phenols is 1. The van der Waals surface area contributed by atoms with Gasteiger partial charge in [-0.25, -0.2) is 4.39 Å². The van der Waals surface area contributed by atoms with Crippen LogP contribution in [0.3, 0.4) is 0 Å². The van der Waals surface area contributed by atoms with E-state index in [0.717, 1.165) is 17.5 Å². The van der Waals surface area contributed by atoms with Gasteiger partial charge >= 0.3 is 0 Å². The molecule has 16 heavy (non-hydrogen) atoms. The summed E-state index contributed by atoms with van der Waals surface area (Å²) >= 11 is 0. The van der Waals surface area contributed by atoms with Gasteiger partial charge in [-0.1, -0.05) is 0 Å².